The van der Waals surface area contributed by atoms with Gasteiger partial charge in [-0.1, -0.05) is 18.6 Å². The zero-order valence-electron chi connectivity index (χ0n) is 16.2. The van der Waals surface area contributed by atoms with Crippen LogP contribution in [0.3, 0.4) is 0 Å². The molecule has 1 heterocycles. The van der Waals surface area contributed by atoms with E-state index in [2.05, 4.69) is 5.32 Å². The Bertz CT molecular complexity index is 1140. The summed E-state index contributed by atoms with van der Waals surface area (Å²) in [6.45, 7) is 2.04. The van der Waals surface area contributed by atoms with Crippen LogP contribution in [0, 0.1) is 17.8 Å². The zero-order chi connectivity index (χ0) is 20.3. The predicted octanol–water partition coefficient (Wildman–Crippen LogP) is 3.62. The van der Waals surface area contributed by atoms with Crippen LogP contribution in [0.25, 0.3) is 0 Å². The summed E-state index contributed by atoms with van der Waals surface area (Å²) in [5.41, 5.74) is 0.582. The van der Waals surface area contributed by atoms with Gasteiger partial charge in [0.05, 0.1) is 9.79 Å². The summed E-state index contributed by atoms with van der Waals surface area (Å²) in [6, 6.07) is 10.6. The number of ketones is 1. The van der Waals surface area contributed by atoms with E-state index in [0.717, 1.165) is 12.3 Å². The second-order valence-electron chi connectivity index (χ2n) is 8.64. The highest BCUT2D eigenvalue weighted by Crippen LogP contribution is 2.49. The maximum absolute atomic E-state index is 13.0. The second kappa shape index (κ2) is 6.52. The molecule has 4 atom stereocenters. The Balaban J connectivity index is 1.44. The largest absolute Gasteiger partial charge is 0.349 e. The molecule has 2 aliphatic carbocycles. The van der Waals surface area contributed by atoms with Crippen molar-refractivity contribution in [3.05, 3.63) is 59.2 Å². The monoisotopic (exact) mass is 409 g/mol. The molecule has 2 fully saturated rings. The minimum absolute atomic E-state index is 0.00501. The van der Waals surface area contributed by atoms with Gasteiger partial charge in [0.25, 0.3) is 5.91 Å². The van der Waals surface area contributed by atoms with Crippen molar-refractivity contribution in [2.75, 3.05) is 0 Å². The van der Waals surface area contributed by atoms with Crippen LogP contribution in [0.15, 0.2) is 52.3 Å². The molecule has 0 aromatic heterocycles. The van der Waals surface area contributed by atoms with Gasteiger partial charge < -0.3 is 5.32 Å². The van der Waals surface area contributed by atoms with Gasteiger partial charge in [0.15, 0.2) is 5.78 Å². The molecule has 0 saturated heterocycles. The summed E-state index contributed by atoms with van der Waals surface area (Å²) in [7, 11) is -3.84. The number of hydrogen-bond donors (Lipinski definition) is 1. The highest BCUT2D eigenvalue weighted by Gasteiger charge is 2.42. The van der Waals surface area contributed by atoms with Gasteiger partial charge in [-0.05, 0) is 74.3 Å². The van der Waals surface area contributed by atoms with E-state index in [-0.39, 0.29) is 44.2 Å². The van der Waals surface area contributed by atoms with Gasteiger partial charge in [0, 0.05) is 22.7 Å². The Labute approximate surface area is 170 Å². The molecule has 2 aromatic rings. The van der Waals surface area contributed by atoms with Crippen molar-refractivity contribution in [2.45, 2.75) is 48.4 Å². The van der Waals surface area contributed by atoms with Gasteiger partial charge in [-0.3, -0.25) is 9.59 Å². The molecule has 2 saturated carbocycles. The fraction of sp³-hybridized carbons (Fsp3) is 0.391. The van der Waals surface area contributed by atoms with Gasteiger partial charge >= 0.3 is 0 Å². The maximum atomic E-state index is 13.0. The molecule has 0 radical (unpaired) electrons. The van der Waals surface area contributed by atoms with Crippen molar-refractivity contribution in [2.24, 2.45) is 17.8 Å². The fourth-order valence-electron chi connectivity index (χ4n) is 5.53. The Morgan fingerprint density at radius 1 is 1.03 bits per heavy atom. The highest BCUT2D eigenvalue weighted by atomic mass is 32.2. The normalized spacial score (nSPS) is 27.2. The Morgan fingerprint density at radius 2 is 1.79 bits per heavy atom. The number of carbonyl (C=O) groups excluding carboxylic acids is 2. The lowest BCUT2D eigenvalue weighted by Crippen LogP contribution is -2.40. The topological polar surface area (TPSA) is 80.3 Å². The average molecular weight is 410 g/mol. The van der Waals surface area contributed by atoms with Crippen LogP contribution in [0.1, 0.15) is 58.9 Å². The molecule has 5 rings (SSSR count). The standard InChI is InChI=1S/C23H23NO4S/c1-13(19-11-14-6-7-15(19)10-14)24-23(26)16-8-9-18-21(12-16)29(27,28)20-5-3-2-4-17(20)22(18)25/h2-5,8-9,12-15,19H,6-7,10-11H2,1H3,(H,24,26). The first-order valence-corrected chi connectivity index (χ1v) is 11.7. The third kappa shape index (κ3) is 2.84. The van der Waals surface area contributed by atoms with Crippen LogP contribution in [-0.2, 0) is 9.84 Å². The molecule has 1 aliphatic heterocycles. The second-order valence-corrected chi connectivity index (χ2v) is 10.5. The summed E-state index contributed by atoms with van der Waals surface area (Å²) in [5, 5.41) is 3.07. The van der Waals surface area contributed by atoms with E-state index in [1.54, 1.807) is 18.2 Å². The first-order chi connectivity index (χ1) is 13.9. The first kappa shape index (κ1) is 18.6. The number of sulfone groups is 1. The van der Waals surface area contributed by atoms with E-state index in [4.69, 9.17) is 0 Å². The van der Waals surface area contributed by atoms with E-state index < -0.39 is 9.84 Å². The molecular weight excluding hydrogens is 386 g/mol. The minimum atomic E-state index is -3.84. The average Bonchev–Trinajstić information content (AvgIpc) is 3.36. The number of carbonyl (C=O) groups is 2. The van der Waals surface area contributed by atoms with Crippen LogP contribution in [0.5, 0.6) is 0 Å². The van der Waals surface area contributed by atoms with E-state index in [0.29, 0.717) is 11.8 Å². The summed E-state index contributed by atoms with van der Waals surface area (Å²) in [4.78, 5) is 25.5. The van der Waals surface area contributed by atoms with Crippen LogP contribution in [0.2, 0.25) is 0 Å². The molecule has 3 aliphatic rings. The van der Waals surface area contributed by atoms with Gasteiger partial charge in [-0.15, -0.1) is 0 Å². The lowest BCUT2D eigenvalue weighted by atomic mass is 9.84. The SMILES string of the molecule is CC(NC(=O)c1ccc2c(c1)S(=O)(=O)c1ccccc1C2=O)C1CC2CCC1C2. The molecule has 150 valence electrons. The van der Waals surface area contributed by atoms with Gasteiger partial charge in [0.2, 0.25) is 9.84 Å². The molecule has 2 bridgehead atoms. The van der Waals surface area contributed by atoms with Crippen LogP contribution in [0.4, 0.5) is 0 Å². The number of hydrogen-bond acceptors (Lipinski definition) is 4. The van der Waals surface area contributed by atoms with E-state index >= 15 is 0 Å². The maximum Gasteiger partial charge on any atom is 0.251 e. The molecule has 29 heavy (non-hydrogen) atoms. The molecule has 1 N–H and O–H groups in total. The van der Waals surface area contributed by atoms with Crippen molar-refractivity contribution in [1.82, 2.24) is 5.32 Å². The third-order valence-corrected chi connectivity index (χ3v) is 8.84. The predicted molar refractivity (Wildman–Crippen MR) is 108 cm³/mol. The summed E-state index contributed by atoms with van der Waals surface area (Å²) >= 11 is 0. The van der Waals surface area contributed by atoms with Crippen molar-refractivity contribution < 1.29 is 18.0 Å². The fourth-order valence-corrected chi connectivity index (χ4v) is 7.21. The number of benzene rings is 2. The molecular formula is C23H23NO4S. The molecule has 5 nitrogen and oxygen atoms in total. The Hall–Kier alpha value is -2.47. The smallest absolute Gasteiger partial charge is 0.251 e. The number of fused-ring (bicyclic) bond motifs is 4. The number of rotatable bonds is 3. The molecule has 4 unspecified atom stereocenters. The van der Waals surface area contributed by atoms with Gasteiger partial charge in [-0.2, -0.15) is 0 Å². The lowest BCUT2D eigenvalue weighted by Gasteiger charge is -2.28. The third-order valence-electron chi connectivity index (χ3n) is 6.99. The van der Waals surface area contributed by atoms with Gasteiger partial charge in [0.1, 0.15) is 0 Å². The summed E-state index contributed by atoms with van der Waals surface area (Å²) in [6.07, 6.45) is 4.98. The van der Waals surface area contributed by atoms with Crippen LogP contribution >= 0.6 is 0 Å². The highest BCUT2D eigenvalue weighted by molar-refractivity contribution is 7.91. The Kier molecular flexibility index (Phi) is 4.17. The van der Waals surface area contributed by atoms with Crippen molar-refractivity contribution >= 4 is 21.5 Å². The lowest BCUT2D eigenvalue weighted by molar-refractivity contribution is 0.0913. The van der Waals surface area contributed by atoms with Crippen molar-refractivity contribution in [1.29, 1.82) is 0 Å². The van der Waals surface area contributed by atoms with E-state index in [9.17, 15) is 18.0 Å². The quantitative estimate of drug-likeness (QED) is 0.716. The van der Waals surface area contributed by atoms with Crippen molar-refractivity contribution in [3.8, 4) is 0 Å². The zero-order valence-corrected chi connectivity index (χ0v) is 17.0. The van der Waals surface area contributed by atoms with Crippen molar-refractivity contribution in [3.63, 3.8) is 0 Å². The minimum Gasteiger partial charge on any atom is -0.349 e. The van der Waals surface area contributed by atoms with E-state index in [1.807, 2.05) is 6.92 Å². The summed E-state index contributed by atoms with van der Waals surface area (Å²) in [5.74, 6) is 1.36. The molecule has 2 aromatic carbocycles. The van der Waals surface area contributed by atoms with E-state index in [1.165, 1.54) is 43.5 Å². The number of nitrogens with one attached hydrogen (secondary N) is 1. The van der Waals surface area contributed by atoms with Crippen LogP contribution < -0.4 is 5.32 Å². The Morgan fingerprint density at radius 3 is 2.52 bits per heavy atom. The van der Waals surface area contributed by atoms with Crippen LogP contribution in [-0.4, -0.2) is 26.2 Å². The first-order valence-electron chi connectivity index (χ1n) is 10.2. The summed E-state index contributed by atoms with van der Waals surface area (Å²) < 4.78 is 26.1. The van der Waals surface area contributed by atoms with Gasteiger partial charge in [-0.25, -0.2) is 8.42 Å². The molecule has 6 heteroatoms. The number of amides is 1. The molecule has 0 spiro atoms. The molecule has 1 amide bonds.